The predicted octanol–water partition coefficient (Wildman–Crippen LogP) is 1.68. The Morgan fingerprint density at radius 2 is 2.38 bits per heavy atom. The Kier molecular flexibility index (Phi) is 2.89. The minimum atomic E-state index is -0.272. The Hall–Kier alpha value is 1.01. The van der Waals surface area contributed by atoms with Crippen LogP contribution < -0.4 is 3.89 Å². The van der Waals surface area contributed by atoms with Crippen LogP contribution in [-0.4, -0.2) is 18.2 Å². The van der Waals surface area contributed by atoms with Crippen LogP contribution in [0.1, 0.15) is 0 Å². The molecule has 0 fully saturated rings. The largest absolute Gasteiger partial charge is 0.562 e. The van der Waals surface area contributed by atoms with Gasteiger partial charge in [-0.1, -0.05) is 0 Å². The fraction of sp³-hybridized carbons (Fsp3) is 0. The van der Waals surface area contributed by atoms with Gasteiger partial charge in [0.1, 0.15) is 6.26 Å². The van der Waals surface area contributed by atoms with E-state index >= 15 is 0 Å². The van der Waals surface area contributed by atoms with Crippen LogP contribution in [0, 0.1) is 0 Å². The van der Waals surface area contributed by atoms with Crippen LogP contribution in [0.3, 0.4) is 0 Å². The molecule has 0 saturated carbocycles. The first-order chi connectivity index (χ1) is 3.83. The Bertz CT molecular complexity index is 174. The Morgan fingerprint density at radius 1 is 1.62 bits per heavy atom. The van der Waals surface area contributed by atoms with Gasteiger partial charge >= 0.3 is 18.2 Å². The van der Waals surface area contributed by atoms with E-state index in [4.69, 9.17) is 4.42 Å². The highest BCUT2D eigenvalue weighted by atomic mass is 79.9. The third-order valence-corrected chi connectivity index (χ3v) is 3.46. The summed E-state index contributed by atoms with van der Waals surface area (Å²) < 4.78 is 7.19. The molecule has 0 radical (unpaired) electrons. The second kappa shape index (κ2) is 3.24. The number of halogens is 2. The van der Waals surface area contributed by atoms with E-state index in [1.54, 1.807) is 6.26 Å². The average molecular weight is 250 g/mol. The summed E-state index contributed by atoms with van der Waals surface area (Å²) in [5.41, 5.74) is 0. The lowest BCUT2D eigenvalue weighted by Gasteiger charge is -1.76. The molecule has 0 saturated heterocycles. The number of rotatable bonds is 1. The van der Waals surface area contributed by atoms with Gasteiger partial charge in [-0.25, -0.2) is 0 Å². The molecule has 0 N–H and O–H groups in total. The normalized spacial score (nSPS) is 8.75. The molecule has 0 atom stereocenters. The van der Waals surface area contributed by atoms with Crippen molar-refractivity contribution in [2.24, 2.45) is 0 Å². The van der Waals surface area contributed by atoms with Crippen LogP contribution in [0.15, 0.2) is 21.2 Å². The number of furan rings is 1. The Balaban J connectivity index is 2.84. The van der Waals surface area contributed by atoms with Gasteiger partial charge in [0.15, 0.2) is 0 Å². The maximum atomic E-state index is 5.08. The molecule has 0 aliphatic heterocycles. The maximum Gasteiger partial charge on any atom is 0.562 e. The zero-order chi connectivity index (χ0) is 5.98. The second-order valence-corrected chi connectivity index (χ2v) is 4.93. The molecular formula is C4H2Br2MgO. The summed E-state index contributed by atoms with van der Waals surface area (Å²) in [5, 5.41) is 0. The topological polar surface area (TPSA) is 13.1 Å². The van der Waals surface area contributed by atoms with Gasteiger partial charge in [0.05, 0.1) is 4.47 Å². The van der Waals surface area contributed by atoms with Crippen LogP contribution >= 0.6 is 28.8 Å². The van der Waals surface area contributed by atoms with Crippen molar-refractivity contribution in [1.82, 2.24) is 0 Å². The van der Waals surface area contributed by atoms with Gasteiger partial charge in [-0.15, -0.1) is 0 Å². The summed E-state index contributed by atoms with van der Waals surface area (Å²) in [6, 6.07) is 1.99. The minimum absolute atomic E-state index is 0.272. The number of hydrogen-bond acceptors (Lipinski definition) is 1. The molecule has 0 aliphatic rings. The fourth-order valence-electron chi connectivity index (χ4n) is 0.424. The zero-order valence-electron chi connectivity index (χ0n) is 4.03. The van der Waals surface area contributed by atoms with Crippen LogP contribution in [0.2, 0.25) is 0 Å². The molecule has 1 rings (SSSR count). The van der Waals surface area contributed by atoms with E-state index in [0.29, 0.717) is 0 Å². The molecule has 1 aromatic rings. The standard InChI is InChI=1S/C4H2BrO.BrH.Mg/c5-4-1-2-6-3-4;;/h1,3H;1H;/q;;+1/p-1. The van der Waals surface area contributed by atoms with Crippen molar-refractivity contribution < 1.29 is 4.42 Å². The van der Waals surface area contributed by atoms with Gasteiger partial charge in [-0.2, -0.15) is 0 Å². The molecule has 0 aromatic carbocycles. The van der Waals surface area contributed by atoms with Crippen LogP contribution in [-0.2, 0) is 0 Å². The SMILES string of the molecule is [Br][Mg][c]1cc(Br)co1. The maximum absolute atomic E-state index is 5.08. The summed E-state index contributed by atoms with van der Waals surface area (Å²) in [5.74, 6) is 0. The summed E-state index contributed by atoms with van der Waals surface area (Å²) in [6.07, 6.45) is 1.70. The van der Waals surface area contributed by atoms with E-state index in [1.165, 1.54) is 0 Å². The van der Waals surface area contributed by atoms with Crippen molar-refractivity contribution in [2.75, 3.05) is 0 Å². The van der Waals surface area contributed by atoms with Gasteiger partial charge in [0.2, 0.25) is 0 Å². The lowest BCUT2D eigenvalue weighted by molar-refractivity contribution is 0.600. The Morgan fingerprint density at radius 3 is 2.62 bits per heavy atom. The van der Waals surface area contributed by atoms with E-state index in [1.807, 2.05) is 6.07 Å². The molecule has 1 nitrogen and oxygen atoms in total. The van der Waals surface area contributed by atoms with Gasteiger partial charge < -0.3 is 4.42 Å². The second-order valence-electron chi connectivity index (χ2n) is 1.36. The highest BCUT2D eigenvalue weighted by Crippen LogP contribution is 2.06. The molecule has 1 heterocycles. The summed E-state index contributed by atoms with van der Waals surface area (Å²) in [7, 11) is 0. The van der Waals surface area contributed by atoms with E-state index in [2.05, 4.69) is 28.8 Å². The third kappa shape index (κ3) is 1.75. The first kappa shape index (κ1) is 7.12. The highest BCUT2D eigenvalue weighted by molar-refractivity contribution is 9.23. The molecule has 1 aromatic heterocycles. The van der Waals surface area contributed by atoms with Gasteiger partial charge in [0, 0.05) is 0 Å². The summed E-state index contributed by atoms with van der Waals surface area (Å²) in [6.45, 7) is 0. The molecule has 0 bridgehead atoms. The Labute approximate surface area is 71.5 Å². The van der Waals surface area contributed by atoms with Gasteiger partial charge in [-0.05, 0) is 25.9 Å². The molecule has 0 unspecified atom stereocenters. The van der Waals surface area contributed by atoms with E-state index in [-0.39, 0.29) is 18.2 Å². The van der Waals surface area contributed by atoms with Crippen LogP contribution in [0.25, 0.3) is 0 Å². The van der Waals surface area contributed by atoms with Crippen molar-refractivity contribution >= 4 is 50.9 Å². The van der Waals surface area contributed by atoms with Crippen molar-refractivity contribution in [3.05, 3.63) is 16.8 Å². The van der Waals surface area contributed by atoms with Gasteiger partial charge in [-0.3, -0.25) is 12.9 Å². The molecule has 40 valence electrons. The fourth-order valence-corrected chi connectivity index (χ4v) is 2.40. The van der Waals surface area contributed by atoms with Crippen molar-refractivity contribution in [3.8, 4) is 0 Å². The molecule has 4 heteroatoms. The van der Waals surface area contributed by atoms with E-state index in [9.17, 15) is 0 Å². The molecule has 0 aliphatic carbocycles. The molecule has 0 spiro atoms. The quantitative estimate of drug-likeness (QED) is 0.691. The predicted molar refractivity (Wildman–Crippen MR) is 40.7 cm³/mol. The smallest absolute Gasteiger partial charge is 0.499 e. The van der Waals surface area contributed by atoms with Crippen molar-refractivity contribution in [1.29, 1.82) is 0 Å². The number of hydrogen-bond donors (Lipinski definition) is 0. The molecular weight excluding hydrogens is 248 g/mol. The lowest BCUT2D eigenvalue weighted by atomic mass is 10.7. The van der Waals surface area contributed by atoms with Gasteiger partial charge in [0.25, 0.3) is 0 Å². The third-order valence-electron chi connectivity index (χ3n) is 0.753. The van der Waals surface area contributed by atoms with Crippen molar-refractivity contribution in [2.45, 2.75) is 0 Å². The monoisotopic (exact) mass is 248 g/mol. The zero-order valence-corrected chi connectivity index (χ0v) is 8.61. The van der Waals surface area contributed by atoms with E-state index in [0.717, 1.165) is 8.36 Å². The van der Waals surface area contributed by atoms with E-state index < -0.39 is 0 Å². The highest BCUT2D eigenvalue weighted by Gasteiger charge is 1.98. The van der Waals surface area contributed by atoms with Crippen molar-refractivity contribution in [3.63, 3.8) is 0 Å². The average Bonchev–Trinajstić information content (AvgIpc) is 2.14. The van der Waals surface area contributed by atoms with Crippen LogP contribution in [0.4, 0.5) is 0 Å². The molecule has 8 heavy (non-hydrogen) atoms. The lowest BCUT2D eigenvalue weighted by Crippen LogP contribution is -2.01. The first-order valence-corrected chi connectivity index (χ1v) is 7.51. The summed E-state index contributed by atoms with van der Waals surface area (Å²) in [4.78, 5) is 0. The van der Waals surface area contributed by atoms with Crippen LogP contribution in [0.5, 0.6) is 0 Å². The molecule has 0 amide bonds. The first-order valence-electron chi connectivity index (χ1n) is 2.12. The minimum Gasteiger partial charge on any atom is -0.499 e. The summed E-state index contributed by atoms with van der Waals surface area (Å²) >= 11 is 6.40.